The number of anilines is 1. The highest BCUT2D eigenvalue weighted by Gasteiger charge is 2.24. The molecule has 0 unspecified atom stereocenters. The van der Waals surface area contributed by atoms with Crippen molar-refractivity contribution in [3.63, 3.8) is 0 Å². The van der Waals surface area contributed by atoms with Crippen LogP contribution in [0.3, 0.4) is 0 Å². The summed E-state index contributed by atoms with van der Waals surface area (Å²) in [6.07, 6.45) is 1.91. The largest absolute Gasteiger partial charge is 0.377 e. The van der Waals surface area contributed by atoms with Gasteiger partial charge in [-0.15, -0.1) is 0 Å². The summed E-state index contributed by atoms with van der Waals surface area (Å²) in [5.41, 5.74) is 0.823. The molecular weight excluding hydrogens is 334 g/mol. The highest BCUT2D eigenvalue weighted by atomic mass is 16.5. The number of hydrogen-bond acceptors (Lipinski definition) is 7. The fourth-order valence-corrected chi connectivity index (χ4v) is 3.09. The molecule has 0 atom stereocenters. The van der Waals surface area contributed by atoms with Gasteiger partial charge in [0.15, 0.2) is 5.82 Å². The lowest BCUT2D eigenvalue weighted by Gasteiger charge is -2.30. The number of ether oxygens (including phenoxy) is 1. The van der Waals surface area contributed by atoms with Gasteiger partial charge in [-0.25, -0.2) is 4.68 Å². The highest BCUT2D eigenvalue weighted by Crippen LogP contribution is 2.23. The van der Waals surface area contributed by atoms with Crippen molar-refractivity contribution in [3.8, 4) is 0 Å². The Morgan fingerprint density at radius 2 is 2.00 bits per heavy atom. The highest BCUT2D eigenvalue weighted by molar-refractivity contribution is 5.25. The van der Waals surface area contributed by atoms with Crippen LogP contribution < -0.4 is 10.5 Å². The number of methoxy groups -OCH3 is 1. The second-order valence-corrected chi connectivity index (χ2v) is 7.85. The topological polar surface area (TPSA) is 86.3 Å². The summed E-state index contributed by atoms with van der Waals surface area (Å²) in [6, 6.07) is 3.99. The van der Waals surface area contributed by atoms with Gasteiger partial charge in [0.05, 0.1) is 5.69 Å². The third-order valence-electron chi connectivity index (χ3n) is 4.68. The second-order valence-electron chi connectivity index (χ2n) is 7.85. The maximum absolute atomic E-state index is 12.2. The number of nitrogens with zero attached hydrogens (tertiary/aromatic N) is 5. The maximum atomic E-state index is 12.2. The normalized spacial score (nSPS) is 16.2. The molecule has 142 valence electrons. The maximum Gasteiger partial charge on any atom is 0.324 e. The Hall–Kier alpha value is -2.22. The molecule has 1 saturated heterocycles. The van der Waals surface area contributed by atoms with E-state index in [1.54, 1.807) is 17.9 Å². The summed E-state index contributed by atoms with van der Waals surface area (Å²) in [5, 5.41) is 8.48. The van der Waals surface area contributed by atoms with E-state index >= 15 is 0 Å². The Morgan fingerprint density at radius 1 is 1.27 bits per heavy atom. The number of hydrogen-bond donors (Lipinski definition) is 0. The van der Waals surface area contributed by atoms with Gasteiger partial charge in [0.25, 0.3) is 5.56 Å². The Labute approximate surface area is 153 Å². The van der Waals surface area contributed by atoms with Crippen molar-refractivity contribution in [2.75, 3.05) is 25.1 Å². The summed E-state index contributed by atoms with van der Waals surface area (Å²) in [7, 11) is 1.60. The predicted octanol–water partition coefficient (Wildman–Crippen LogP) is 1.99. The number of rotatable bonds is 5. The van der Waals surface area contributed by atoms with Gasteiger partial charge in [0, 0.05) is 38.2 Å². The quantitative estimate of drug-likeness (QED) is 0.805. The summed E-state index contributed by atoms with van der Waals surface area (Å²) in [5.74, 6) is 0.965. The van der Waals surface area contributed by atoms with Gasteiger partial charge in [-0.2, -0.15) is 10.1 Å². The van der Waals surface area contributed by atoms with Crippen LogP contribution in [0, 0.1) is 5.92 Å². The first-order valence-electron chi connectivity index (χ1n) is 9.02. The molecule has 2 aromatic rings. The van der Waals surface area contributed by atoms with Crippen LogP contribution in [0.1, 0.15) is 45.1 Å². The Morgan fingerprint density at radius 3 is 2.65 bits per heavy atom. The van der Waals surface area contributed by atoms with Crippen LogP contribution in [0.4, 0.5) is 6.01 Å². The molecule has 26 heavy (non-hydrogen) atoms. The monoisotopic (exact) mass is 361 g/mol. The van der Waals surface area contributed by atoms with Gasteiger partial charge in [-0.05, 0) is 24.8 Å². The molecule has 0 radical (unpaired) electrons. The van der Waals surface area contributed by atoms with Crippen LogP contribution in [0.2, 0.25) is 0 Å². The Kier molecular flexibility index (Phi) is 5.41. The van der Waals surface area contributed by atoms with Crippen molar-refractivity contribution in [1.29, 1.82) is 0 Å². The van der Waals surface area contributed by atoms with Crippen LogP contribution in [0.25, 0.3) is 0 Å². The first-order chi connectivity index (χ1) is 12.4. The lowest BCUT2D eigenvalue weighted by molar-refractivity contribution is 0.174. The van der Waals surface area contributed by atoms with Crippen molar-refractivity contribution in [1.82, 2.24) is 19.9 Å². The molecule has 3 rings (SSSR count). The average molecular weight is 361 g/mol. The third kappa shape index (κ3) is 4.30. The minimum Gasteiger partial charge on any atom is -0.377 e. The van der Waals surface area contributed by atoms with Gasteiger partial charge >= 0.3 is 6.01 Å². The Balaban J connectivity index is 1.61. The van der Waals surface area contributed by atoms with Gasteiger partial charge in [0.2, 0.25) is 0 Å². The van der Waals surface area contributed by atoms with Gasteiger partial charge in [0.1, 0.15) is 6.61 Å². The summed E-state index contributed by atoms with van der Waals surface area (Å²) < 4.78 is 11.9. The first kappa shape index (κ1) is 18.6. The lowest BCUT2D eigenvalue weighted by Crippen LogP contribution is -2.37. The van der Waals surface area contributed by atoms with Crippen molar-refractivity contribution < 1.29 is 9.26 Å². The average Bonchev–Trinajstić information content (AvgIpc) is 3.05. The molecule has 0 aromatic carbocycles. The minimum atomic E-state index is -0.0727. The zero-order chi connectivity index (χ0) is 18.7. The summed E-state index contributed by atoms with van der Waals surface area (Å²) >= 11 is 0. The van der Waals surface area contributed by atoms with Crippen molar-refractivity contribution in [2.45, 2.75) is 52.2 Å². The van der Waals surface area contributed by atoms with Gasteiger partial charge in [-0.3, -0.25) is 4.79 Å². The molecule has 1 aliphatic rings. The van der Waals surface area contributed by atoms with Crippen LogP contribution in [0.5, 0.6) is 0 Å². The molecule has 1 fully saturated rings. The van der Waals surface area contributed by atoms with Crippen LogP contribution in [-0.4, -0.2) is 40.1 Å². The number of piperidine rings is 1. The van der Waals surface area contributed by atoms with E-state index in [0.717, 1.165) is 31.6 Å². The fraction of sp³-hybridized carbons (Fsp3) is 0.667. The predicted molar refractivity (Wildman–Crippen MR) is 97.1 cm³/mol. The van der Waals surface area contributed by atoms with E-state index < -0.39 is 0 Å². The second kappa shape index (κ2) is 7.57. The molecule has 0 spiro atoms. The molecule has 0 aliphatic carbocycles. The number of aromatic nitrogens is 4. The molecule has 0 bridgehead atoms. The van der Waals surface area contributed by atoms with Crippen LogP contribution in [0.15, 0.2) is 21.5 Å². The standard InChI is InChI=1S/C18H27N5O3/c1-18(2,3)14-5-6-16(24)23(20-14)11-13-7-9-22(10-8-13)17-19-15(12-25-4)21-26-17/h5-6,13H,7-12H2,1-4H3. The van der Waals surface area contributed by atoms with E-state index in [0.29, 0.717) is 30.9 Å². The van der Waals surface area contributed by atoms with E-state index in [2.05, 4.69) is 40.9 Å². The van der Waals surface area contributed by atoms with E-state index in [1.807, 2.05) is 6.07 Å². The first-order valence-corrected chi connectivity index (χ1v) is 9.02. The lowest BCUT2D eigenvalue weighted by atomic mass is 9.92. The van der Waals surface area contributed by atoms with Gasteiger partial charge in [-0.1, -0.05) is 25.9 Å². The molecule has 8 heteroatoms. The van der Waals surface area contributed by atoms with E-state index in [4.69, 9.17) is 9.26 Å². The van der Waals surface area contributed by atoms with Crippen LogP contribution >= 0.6 is 0 Å². The minimum absolute atomic E-state index is 0.0402. The van der Waals surface area contributed by atoms with Crippen LogP contribution in [-0.2, 0) is 23.3 Å². The van der Waals surface area contributed by atoms with E-state index in [1.165, 1.54) is 0 Å². The molecule has 8 nitrogen and oxygen atoms in total. The summed E-state index contributed by atoms with van der Waals surface area (Å²) in [4.78, 5) is 18.6. The molecule has 2 aromatic heterocycles. The molecule has 0 N–H and O–H groups in total. The van der Waals surface area contributed by atoms with Crippen molar-refractivity contribution in [3.05, 3.63) is 34.0 Å². The Bertz CT molecular complexity index is 785. The van der Waals surface area contributed by atoms with E-state index in [-0.39, 0.29) is 11.0 Å². The molecule has 0 amide bonds. The third-order valence-corrected chi connectivity index (χ3v) is 4.68. The molecular formula is C18H27N5O3. The molecule has 0 saturated carbocycles. The smallest absolute Gasteiger partial charge is 0.324 e. The molecule has 3 heterocycles. The van der Waals surface area contributed by atoms with E-state index in [9.17, 15) is 4.79 Å². The van der Waals surface area contributed by atoms with Gasteiger partial charge < -0.3 is 14.2 Å². The fourth-order valence-electron chi connectivity index (χ4n) is 3.09. The zero-order valence-corrected chi connectivity index (χ0v) is 15.9. The van der Waals surface area contributed by atoms with Crippen molar-refractivity contribution in [2.24, 2.45) is 5.92 Å². The summed E-state index contributed by atoms with van der Waals surface area (Å²) in [6.45, 7) is 8.95. The molecule has 1 aliphatic heterocycles. The SMILES string of the molecule is COCc1noc(N2CCC(Cn3nc(C(C)(C)C)ccc3=O)CC2)n1. The van der Waals surface area contributed by atoms with Crippen molar-refractivity contribution >= 4 is 6.01 Å². The zero-order valence-electron chi connectivity index (χ0n) is 15.9.